The van der Waals surface area contributed by atoms with E-state index in [1.165, 1.54) is 0 Å². The fraction of sp³-hybridized carbons (Fsp3) is 0.182. The summed E-state index contributed by atoms with van der Waals surface area (Å²) in [5.74, 6) is -1.16. The predicted molar refractivity (Wildman–Crippen MR) is 68.5 cm³/mol. The van der Waals surface area contributed by atoms with Crippen LogP contribution in [0.3, 0.4) is 0 Å². The van der Waals surface area contributed by atoms with Crippen molar-refractivity contribution in [2.75, 3.05) is 12.3 Å². The zero-order valence-electron chi connectivity index (χ0n) is 10.8. The van der Waals surface area contributed by atoms with Gasteiger partial charge in [-0.1, -0.05) is 0 Å². The molecule has 0 aliphatic rings. The maximum atomic E-state index is 13.0. The summed E-state index contributed by atoms with van der Waals surface area (Å²) in [6, 6.07) is 2.46. The molecule has 0 spiro atoms. The lowest BCUT2D eigenvalue weighted by Crippen LogP contribution is -2.05. The Morgan fingerprint density at radius 3 is 2.71 bits per heavy atom. The zero-order valence-corrected chi connectivity index (χ0v) is 10.8. The highest BCUT2D eigenvalue weighted by Gasteiger charge is 2.19. The second-order valence-electron chi connectivity index (χ2n) is 3.66. The third kappa shape index (κ3) is 3.49. The number of nitro benzene ring substituents is 1. The second kappa shape index (κ2) is 5.94. The molecule has 0 aliphatic carbocycles. The molecule has 1 aromatic heterocycles. The minimum Gasteiger partial charge on any atom is -0.464 e. The van der Waals surface area contributed by atoms with Crippen molar-refractivity contribution in [1.82, 2.24) is 15.0 Å². The number of halogens is 1. The van der Waals surface area contributed by atoms with Crippen LogP contribution in [0, 0.1) is 15.9 Å². The highest BCUT2D eigenvalue weighted by molar-refractivity contribution is 5.47. The molecule has 2 aromatic rings. The van der Waals surface area contributed by atoms with E-state index in [2.05, 4.69) is 15.0 Å². The Morgan fingerprint density at radius 1 is 1.33 bits per heavy atom. The molecule has 21 heavy (non-hydrogen) atoms. The van der Waals surface area contributed by atoms with E-state index in [-0.39, 0.29) is 23.7 Å². The Hall–Kier alpha value is -3.04. The molecule has 2 N–H and O–H groups in total. The van der Waals surface area contributed by atoms with E-state index in [1.54, 1.807) is 6.92 Å². The number of hydrogen-bond acceptors (Lipinski definition) is 8. The third-order valence-electron chi connectivity index (χ3n) is 2.20. The molecule has 10 heteroatoms. The van der Waals surface area contributed by atoms with Crippen LogP contribution in [0.4, 0.5) is 16.0 Å². The largest absolute Gasteiger partial charge is 0.464 e. The summed E-state index contributed by atoms with van der Waals surface area (Å²) in [6.45, 7) is 2.00. The molecule has 0 unspecified atom stereocenters. The number of benzene rings is 1. The van der Waals surface area contributed by atoms with E-state index in [4.69, 9.17) is 15.2 Å². The van der Waals surface area contributed by atoms with Crippen LogP contribution >= 0.6 is 0 Å². The first kappa shape index (κ1) is 14.4. The van der Waals surface area contributed by atoms with Crippen molar-refractivity contribution < 1.29 is 18.8 Å². The Bertz CT molecular complexity index is 682. The average Bonchev–Trinajstić information content (AvgIpc) is 2.40. The number of nitrogen functional groups attached to an aromatic ring is 1. The molecule has 2 rings (SSSR count). The Labute approximate surface area is 117 Å². The lowest BCUT2D eigenvalue weighted by atomic mass is 10.3. The minimum atomic E-state index is -0.785. The van der Waals surface area contributed by atoms with Gasteiger partial charge in [0, 0.05) is 0 Å². The van der Waals surface area contributed by atoms with Gasteiger partial charge >= 0.3 is 17.7 Å². The maximum Gasteiger partial charge on any atom is 0.330 e. The lowest BCUT2D eigenvalue weighted by molar-refractivity contribution is -0.385. The molecular weight excluding hydrogens is 285 g/mol. The van der Waals surface area contributed by atoms with E-state index in [0.717, 1.165) is 18.2 Å². The van der Waals surface area contributed by atoms with Crippen molar-refractivity contribution in [3.63, 3.8) is 0 Å². The molecule has 1 aromatic carbocycles. The van der Waals surface area contributed by atoms with Gasteiger partial charge in [0.1, 0.15) is 5.82 Å². The number of nitro groups is 1. The predicted octanol–water partition coefficient (Wildman–Crippen LogP) is 1.69. The Morgan fingerprint density at radius 2 is 2.05 bits per heavy atom. The smallest absolute Gasteiger partial charge is 0.330 e. The van der Waals surface area contributed by atoms with Gasteiger partial charge in [-0.05, 0) is 19.1 Å². The van der Waals surface area contributed by atoms with Crippen LogP contribution in [0.2, 0.25) is 0 Å². The first-order valence-corrected chi connectivity index (χ1v) is 5.75. The third-order valence-corrected chi connectivity index (χ3v) is 2.20. The number of hydrogen-bond donors (Lipinski definition) is 1. The van der Waals surface area contributed by atoms with Crippen LogP contribution in [0.15, 0.2) is 18.2 Å². The summed E-state index contributed by atoms with van der Waals surface area (Å²) < 4.78 is 23.2. The Kier molecular flexibility index (Phi) is 4.07. The topological polar surface area (TPSA) is 126 Å². The van der Waals surface area contributed by atoms with Crippen molar-refractivity contribution in [1.29, 1.82) is 0 Å². The fourth-order valence-corrected chi connectivity index (χ4v) is 1.41. The highest BCUT2D eigenvalue weighted by atomic mass is 19.1. The van der Waals surface area contributed by atoms with E-state index >= 15 is 0 Å². The number of nitrogens with zero attached hydrogens (tertiary/aromatic N) is 4. The number of ether oxygens (including phenoxy) is 2. The van der Waals surface area contributed by atoms with E-state index < -0.39 is 16.4 Å². The van der Waals surface area contributed by atoms with Gasteiger partial charge in [-0.25, -0.2) is 4.39 Å². The van der Waals surface area contributed by atoms with Crippen molar-refractivity contribution in [3.8, 4) is 17.8 Å². The molecule has 9 nitrogen and oxygen atoms in total. The normalized spacial score (nSPS) is 10.2. The van der Waals surface area contributed by atoms with Crippen molar-refractivity contribution in [2.45, 2.75) is 6.92 Å². The molecule has 0 radical (unpaired) electrons. The molecule has 110 valence electrons. The zero-order chi connectivity index (χ0) is 15.4. The molecule has 0 aliphatic heterocycles. The highest BCUT2D eigenvalue weighted by Crippen LogP contribution is 2.30. The van der Waals surface area contributed by atoms with Crippen LogP contribution in [0.1, 0.15) is 6.92 Å². The SMILES string of the molecule is CCOc1nc(N)nc(Oc2ccc(F)cc2[N+](=O)[O-])n1. The lowest BCUT2D eigenvalue weighted by Gasteiger charge is -2.06. The minimum absolute atomic E-state index is 0.0789. The number of nitrogens with two attached hydrogens (primary N) is 1. The first-order chi connectivity index (χ1) is 9.99. The molecule has 1 heterocycles. The van der Waals surface area contributed by atoms with Gasteiger partial charge < -0.3 is 15.2 Å². The van der Waals surface area contributed by atoms with E-state index in [0.29, 0.717) is 6.61 Å². The van der Waals surface area contributed by atoms with Crippen LogP contribution in [0.5, 0.6) is 17.8 Å². The van der Waals surface area contributed by atoms with Gasteiger partial charge in [0.25, 0.3) is 0 Å². The molecule has 0 bridgehead atoms. The quantitative estimate of drug-likeness (QED) is 0.652. The van der Waals surface area contributed by atoms with Crippen LogP contribution in [-0.2, 0) is 0 Å². The van der Waals surface area contributed by atoms with Gasteiger partial charge in [-0.3, -0.25) is 10.1 Å². The van der Waals surface area contributed by atoms with E-state index in [1.807, 2.05) is 0 Å². The molecular formula is C11H10FN5O4. The number of aromatic nitrogens is 3. The van der Waals surface area contributed by atoms with Crippen molar-refractivity contribution in [2.24, 2.45) is 0 Å². The summed E-state index contributed by atoms with van der Waals surface area (Å²) in [5.41, 5.74) is 4.89. The van der Waals surface area contributed by atoms with Gasteiger partial charge in [-0.2, -0.15) is 9.97 Å². The van der Waals surface area contributed by atoms with Crippen LogP contribution in [-0.4, -0.2) is 26.5 Å². The van der Waals surface area contributed by atoms with Gasteiger partial charge in [-0.15, -0.1) is 4.98 Å². The van der Waals surface area contributed by atoms with Crippen molar-refractivity contribution >= 4 is 11.6 Å². The number of anilines is 1. The molecule has 0 saturated heterocycles. The van der Waals surface area contributed by atoms with Crippen LogP contribution in [0.25, 0.3) is 0 Å². The monoisotopic (exact) mass is 295 g/mol. The summed E-state index contributed by atoms with van der Waals surface area (Å²) in [6.07, 6.45) is 0. The van der Waals surface area contributed by atoms with Crippen molar-refractivity contribution in [3.05, 3.63) is 34.1 Å². The summed E-state index contributed by atoms with van der Waals surface area (Å²) >= 11 is 0. The fourth-order valence-electron chi connectivity index (χ4n) is 1.41. The van der Waals surface area contributed by atoms with Crippen LogP contribution < -0.4 is 15.2 Å². The van der Waals surface area contributed by atoms with Gasteiger partial charge in [0.15, 0.2) is 0 Å². The second-order valence-corrected chi connectivity index (χ2v) is 3.66. The molecule has 0 atom stereocenters. The summed E-state index contributed by atoms with van der Waals surface area (Å²) in [4.78, 5) is 21.2. The number of rotatable bonds is 5. The summed E-state index contributed by atoms with van der Waals surface area (Å²) in [5, 5.41) is 10.9. The van der Waals surface area contributed by atoms with E-state index in [9.17, 15) is 14.5 Å². The molecule has 0 saturated carbocycles. The molecule has 0 fully saturated rings. The average molecular weight is 295 g/mol. The molecule has 0 amide bonds. The summed E-state index contributed by atoms with van der Waals surface area (Å²) in [7, 11) is 0. The standard InChI is InChI=1S/C11H10FN5O4/c1-2-20-10-14-9(13)15-11(16-10)21-8-4-3-6(12)5-7(8)17(18)19/h3-5H,2H2,1H3,(H2,13,14,15,16). The first-order valence-electron chi connectivity index (χ1n) is 5.75. The Balaban J connectivity index is 2.36. The maximum absolute atomic E-state index is 13.0. The van der Waals surface area contributed by atoms with Gasteiger partial charge in [0.05, 0.1) is 17.6 Å². The van der Waals surface area contributed by atoms with Gasteiger partial charge in [0.2, 0.25) is 11.7 Å².